The zero-order valence-electron chi connectivity index (χ0n) is 14.6. The third-order valence-electron chi connectivity index (χ3n) is 4.83. The standard InChI is InChI=1S/C21H18ClN3O2/c22-18-8-2-1-5-17(18)21(27)25-13-11-24(12-14-25)20(26)16-6-3-9-19-15(16)7-4-10-23-19/h1-10H,11-14H2. The Labute approximate surface area is 162 Å². The minimum absolute atomic E-state index is 0.0292. The van der Waals surface area contributed by atoms with Crippen LogP contribution in [0.4, 0.5) is 0 Å². The second-order valence-electron chi connectivity index (χ2n) is 6.44. The largest absolute Gasteiger partial charge is 0.335 e. The van der Waals surface area contributed by atoms with Crippen LogP contribution in [0.2, 0.25) is 5.02 Å². The van der Waals surface area contributed by atoms with Crippen LogP contribution in [-0.2, 0) is 0 Å². The van der Waals surface area contributed by atoms with Gasteiger partial charge in [-0.05, 0) is 30.3 Å². The van der Waals surface area contributed by atoms with E-state index in [2.05, 4.69) is 4.98 Å². The highest BCUT2D eigenvalue weighted by Gasteiger charge is 2.27. The van der Waals surface area contributed by atoms with E-state index in [1.807, 2.05) is 30.3 Å². The normalized spacial score (nSPS) is 14.4. The maximum atomic E-state index is 13.0. The lowest BCUT2D eigenvalue weighted by Gasteiger charge is -2.35. The van der Waals surface area contributed by atoms with E-state index >= 15 is 0 Å². The molecule has 0 atom stereocenters. The number of carbonyl (C=O) groups is 2. The Balaban J connectivity index is 1.48. The highest BCUT2D eigenvalue weighted by atomic mass is 35.5. The predicted octanol–water partition coefficient (Wildman–Crippen LogP) is 3.49. The summed E-state index contributed by atoms with van der Waals surface area (Å²) in [6, 6.07) is 16.3. The minimum atomic E-state index is -0.0953. The molecule has 1 aromatic heterocycles. The van der Waals surface area contributed by atoms with Crippen LogP contribution in [0.15, 0.2) is 60.8 Å². The van der Waals surface area contributed by atoms with E-state index in [0.29, 0.717) is 42.3 Å². The van der Waals surface area contributed by atoms with Crippen molar-refractivity contribution in [2.24, 2.45) is 0 Å². The molecule has 0 aliphatic carbocycles. The zero-order valence-corrected chi connectivity index (χ0v) is 15.4. The van der Waals surface area contributed by atoms with Crippen LogP contribution in [0.1, 0.15) is 20.7 Å². The van der Waals surface area contributed by atoms with Crippen LogP contribution in [0, 0.1) is 0 Å². The average Bonchev–Trinajstić information content (AvgIpc) is 2.73. The first-order valence-electron chi connectivity index (χ1n) is 8.82. The fraction of sp³-hybridized carbons (Fsp3) is 0.190. The number of hydrogen-bond donors (Lipinski definition) is 0. The van der Waals surface area contributed by atoms with Crippen molar-refractivity contribution in [1.82, 2.24) is 14.8 Å². The summed E-state index contributed by atoms with van der Waals surface area (Å²) in [5.74, 6) is -0.125. The van der Waals surface area contributed by atoms with Crippen molar-refractivity contribution in [2.75, 3.05) is 26.2 Å². The molecular formula is C21H18ClN3O2. The lowest BCUT2D eigenvalue weighted by atomic mass is 10.1. The van der Waals surface area contributed by atoms with E-state index < -0.39 is 0 Å². The van der Waals surface area contributed by atoms with Crippen molar-refractivity contribution in [1.29, 1.82) is 0 Å². The summed E-state index contributed by atoms with van der Waals surface area (Å²) in [5, 5.41) is 1.30. The SMILES string of the molecule is O=C(c1ccccc1Cl)N1CCN(C(=O)c2cccc3ncccc23)CC1. The van der Waals surface area contributed by atoms with Gasteiger partial charge in [0, 0.05) is 43.3 Å². The van der Waals surface area contributed by atoms with Gasteiger partial charge in [-0.25, -0.2) is 0 Å². The summed E-state index contributed by atoms with van der Waals surface area (Å²) in [4.78, 5) is 33.5. The molecule has 1 fully saturated rings. The van der Waals surface area contributed by atoms with Crippen molar-refractivity contribution in [2.45, 2.75) is 0 Å². The first kappa shape index (κ1) is 17.5. The van der Waals surface area contributed by atoms with Crippen molar-refractivity contribution >= 4 is 34.3 Å². The number of fused-ring (bicyclic) bond motifs is 1. The summed E-state index contributed by atoms with van der Waals surface area (Å²) in [6.07, 6.45) is 1.72. The van der Waals surface area contributed by atoms with Crippen molar-refractivity contribution in [3.63, 3.8) is 0 Å². The molecule has 2 heterocycles. The topological polar surface area (TPSA) is 53.5 Å². The monoisotopic (exact) mass is 379 g/mol. The van der Waals surface area contributed by atoms with Crippen LogP contribution in [-0.4, -0.2) is 52.8 Å². The van der Waals surface area contributed by atoms with E-state index in [0.717, 1.165) is 10.9 Å². The molecule has 0 bridgehead atoms. The summed E-state index contributed by atoms with van der Waals surface area (Å²) >= 11 is 6.14. The van der Waals surface area contributed by atoms with Gasteiger partial charge in [-0.3, -0.25) is 14.6 Å². The molecule has 2 aromatic carbocycles. The molecule has 5 nitrogen and oxygen atoms in total. The second-order valence-corrected chi connectivity index (χ2v) is 6.85. The summed E-state index contributed by atoms with van der Waals surface area (Å²) in [7, 11) is 0. The maximum Gasteiger partial charge on any atom is 0.255 e. The number of carbonyl (C=O) groups excluding carboxylic acids is 2. The molecule has 3 aromatic rings. The van der Waals surface area contributed by atoms with Gasteiger partial charge in [-0.2, -0.15) is 0 Å². The first-order chi connectivity index (χ1) is 13.1. The molecule has 1 aliphatic rings. The zero-order chi connectivity index (χ0) is 18.8. The Morgan fingerprint density at radius 3 is 2.11 bits per heavy atom. The highest BCUT2D eigenvalue weighted by Crippen LogP contribution is 2.21. The molecule has 1 saturated heterocycles. The van der Waals surface area contributed by atoms with Gasteiger partial charge in [0.15, 0.2) is 0 Å². The van der Waals surface area contributed by atoms with E-state index in [9.17, 15) is 9.59 Å². The summed E-state index contributed by atoms with van der Waals surface area (Å²) in [5.41, 5.74) is 1.95. The van der Waals surface area contributed by atoms with Gasteiger partial charge in [-0.1, -0.05) is 35.9 Å². The second kappa shape index (κ2) is 7.37. The Morgan fingerprint density at radius 1 is 0.778 bits per heavy atom. The number of benzene rings is 2. The number of nitrogens with zero attached hydrogens (tertiary/aromatic N) is 3. The molecule has 136 valence electrons. The fourth-order valence-electron chi connectivity index (χ4n) is 3.38. The number of pyridine rings is 1. The third kappa shape index (κ3) is 3.38. The summed E-state index contributed by atoms with van der Waals surface area (Å²) in [6.45, 7) is 1.95. The van der Waals surface area contributed by atoms with E-state index in [1.165, 1.54) is 0 Å². The van der Waals surface area contributed by atoms with Crippen LogP contribution in [0.5, 0.6) is 0 Å². The predicted molar refractivity (Wildman–Crippen MR) is 105 cm³/mol. The van der Waals surface area contributed by atoms with Crippen LogP contribution >= 0.6 is 11.6 Å². The van der Waals surface area contributed by atoms with Crippen LogP contribution < -0.4 is 0 Å². The Bertz CT molecular complexity index is 1010. The number of aromatic nitrogens is 1. The molecule has 27 heavy (non-hydrogen) atoms. The Morgan fingerprint density at radius 2 is 1.41 bits per heavy atom. The molecule has 0 unspecified atom stereocenters. The van der Waals surface area contributed by atoms with Crippen molar-refractivity contribution in [3.8, 4) is 0 Å². The Kier molecular flexibility index (Phi) is 4.77. The Hall–Kier alpha value is -2.92. The smallest absolute Gasteiger partial charge is 0.255 e. The number of piperazine rings is 1. The van der Waals surface area contributed by atoms with Gasteiger partial charge in [-0.15, -0.1) is 0 Å². The molecule has 0 N–H and O–H groups in total. The molecule has 4 rings (SSSR count). The highest BCUT2D eigenvalue weighted by molar-refractivity contribution is 6.33. The van der Waals surface area contributed by atoms with Gasteiger partial charge >= 0.3 is 0 Å². The average molecular weight is 380 g/mol. The summed E-state index contributed by atoms with van der Waals surface area (Å²) < 4.78 is 0. The number of halogens is 1. The molecule has 6 heteroatoms. The van der Waals surface area contributed by atoms with E-state index in [4.69, 9.17) is 11.6 Å². The minimum Gasteiger partial charge on any atom is -0.335 e. The number of hydrogen-bond acceptors (Lipinski definition) is 3. The first-order valence-corrected chi connectivity index (χ1v) is 9.20. The molecule has 2 amide bonds. The van der Waals surface area contributed by atoms with Gasteiger partial charge < -0.3 is 9.80 Å². The van der Waals surface area contributed by atoms with Crippen molar-refractivity contribution < 1.29 is 9.59 Å². The molecule has 0 saturated carbocycles. The van der Waals surface area contributed by atoms with Gasteiger partial charge in [0.2, 0.25) is 0 Å². The van der Waals surface area contributed by atoms with Gasteiger partial charge in [0.25, 0.3) is 11.8 Å². The van der Waals surface area contributed by atoms with Crippen molar-refractivity contribution in [3.05, 3.63) is 76.9 Å². The maximum absolute atomic E-state index is 13.0. The van der Waals surface area contributed by atoms with Gasteiger partial charge in [0.05, 0.1) is 16.1 Å². The van der Waals surface area contributed by atoms with Crippen LogP contribution in [0.25, 0.3) is 10.9 Å². The molecule has 0 radical (unpaired) electrons. The quantitative estimate of drug-likeness (QED) is 0.685. The number of rotatable bonds is 2. The molecule has 0 spiro atoms. The fourth-order valence-corrected chi connectivity index (χ4v) is 3.59. The van der Waals surface area contributed by atoms with E-state index in [1.54, 1.807) is 40.3 Å². The van der Waals surface area contributed by atoms with E-state index in [-0.39, 0.29) is 11.8 Å². The lowest BCUT2D eigenvalue weighted by Crippen LogP contribution is -2.50. The molecule has 1 aliphatic heterocycles. The lowest BCUT2D eigenvalue weighted by molar-refractivity contribution is 0.0536. The van der Waals surface area contributed by atoms with Gasteiger partial charge in [0.1, 0.15) is 0 Å². The number of amides is 2. The molecular weight excluding hydrogens is 362 g/mol. The van der Waals surface area contributed by atoms with Crippen LogP contribution in [0.3, 0.4) is 0 Å². The third-order valence-corrected chi connectivity index (χ3v) is 5.16.